The van der Waals surface area contributed by atoms with Crippen LogP contribution in [0.5, 0.6) is 0 Å². The lowest BCUT2D eigenvalue weighted by Gasteiger charge is -2.32. The molecule has 4 aliphatic rings. The van der Waals surface area contributed by atoms with Gasteiger partial charge in [0, 0.05) is 37.4 Å². The van der Waals surface area contributed by atoms with Gasteiger partial charge in [-0.3, -0.25) is 0 Å². The van der Waals surface area contributed by atoms with Crippen LogP contribution in [0.1, 0.15) is 70.5 Å². The van der Waals surface area contributed by atoms with E-state index in [0.29, 0.717) is 30.8 Å². The summed E-state index contributed by atoms with van der Waals surface area (Å²) < 4.78 is 13.2. The maximum absolute atomic E-state index is 12.3. The van der Waals surface area contributed by atoms with E-state index in [0.717, 1.165) is 24.1 Å². The van der Waals surface area contributed by atoms with Gasteiger partial charge >= 0.3 is 6.09 Å². The molecule has 164 valence electrons. The van der Waals surface area contributed by atoms with Crippen LogP contribution in [0.4, 0.5) is 4.79 Å². The number of allylic oxidation sites excluding steroid dienone is 4. The Morgan fingerprint density at radius 1 is 1.23 bits per heavy atom. The molecule has 3 heterocycles. The number of rotatable bonds is 3. The van der Waals surface area contributed by atoms with Crippen LogP contribution in [0.25, 0.3) is 5.57 Å². The SMILES string of the molecule is CC(C)(C)OC(=O)N1CCC(c2nc(C3=CC4=N[N+](C5CCC5)=CC4C=C3)no2)CC1. The van der Waals surface area contributed by atoms with Gasteiger partial charge in [0.25, 0.3) is 0 Å². The van der Waals surface area contributed by atoms with Gasteiger partial charge in [-0.2, -0.15) is 4.98 Å². The molecule has 1 atom stereocenters. The highest BCUT2D eigenvalue weighted by Crippen LogP contribution is 2.31. The highest BCUT2D eigenvalue weighted by atomic mass is 16.6. The Labute approximate surface area is 182 Å². The van der Waals surface area contributed by atoms with Crippen LogP contribution in [0.3, 0.4) is 0 Å². The molecule has 1 unspecified atom stereocenters. The Hall–Kier alpha value is -2.77. The van der Waals surface area contributed by atoms with E-state index < -0.39 is 5.60 Å². The Bertz CT molecular complexity index is 985. The average Bonchev–Trinajstić information content (AvgIpc) is 3.32. The summed E-state index contributed by atoms with van der Waals surface area (Å²) in [6, 6.07) is 0.562. The fraction of sp³-hybridized carbons (Fsp3) is 0.609. The number of carbonyl (C=O) groups is 1. The summed E-state index contributed by atoms with van der Waals surface area (Å²) in [5.41, 5.74) is 1.49. The van der Waals surface area contributed by atoms with E-state index in [9.17, 15) is 4.79 Å². The van der Waals surface area contributed by atoms with Gasteiger partial charge in [-0.1, -0.05) is 22.0 Å². The molecule has 1 saturated carbocycles. The highest BCUT2D eigenvalue weighted by molar-refractivity contribution is 6.13. The number of ether oxygens (including phenoxy) is 1. The van der Waals surface area contributed by atoms with E-state index in [2.05, 4.69) is 39.3 Å². The first-order valence-corrected chi connectivity index (χ1v) is 11.3. The number of hydrogen-bond donors (Lipinski definition) is 0. The van der Waals surface area contributed by atoms with Crippen molar-refractivity contribution < 1.29 is 18.7 Å². The molecule has 8 heteroatoms. The van der Waals surface area contributed by atoms with Gasteiger partial charge < -0.3 is 14.2 Å². The van der Waals surface area contributed by atoms with E-state index in [1.165, 1.54) is 19.3 Å². The Balaban J connectivity index is 1.22. The average molecular weight is 425 g/mol. The third kappa shape index (κ3) is 4.20. The van der Waals surface area contributed by atoms with E-state index >= 15 is 0 Å². The van der Waals surface area contributed by atoms with Gasteiger partial charge in [-0.15, -0.1) is 0 Å². The molecule has 0 radical (unpaired) electrons. The summed E-state index contributed by atoms with van der Waals surface area (Å²) in [7, 11) is 0. The first-order chi connectivity index (χ1) is 14.9. The number of piperidine rings is 1. The summed E-state index contributed by atoms with van der Waals surface area (Å²) in [6.07, 6.45) is 13.6. The number of amides is 1. The molecule has 2 aliphatic heterocycles. The second-order valence-electron chi connectivity index (χ2n) is 9.82. The van der Waals surface area contributed by atoms with Gasteiger partial charge in [0.15, 0.2) is 12.3 Å². The number of hydrogen-bond acceptors (Lipinski definition) is 6. The Morgan fingerprint density at radius 2 is 2.00 bits per heavy atom. The number of nitrogens with zero attached hydrogens (tertiary/aromatic N) is 5. The van der Waals surface area contributed by atoms with Crippen LogP contribution in [0, 0.1) is 5.92 Å². The number of likely N-dealkylation sites (tertiary alicyclic amines) is 1. The van der Waals surface area contributed by atoms with Gasteiger partial charge in [-0.25, -0.2) is 4.79 Å². The lowest BCUT2D eigenvalue weighted by atomic mass is 9.93. The van der Waals surface area contributed by atoms with Crippen LogP contribution in [-0.4, -0.2) is 62.5 Å². The Kier molecular flexibility index (Phi) is 5.02. The molecule has 8 nitrogen and oxygen atoms in total. The zero-order valence-electron chi connectivity index (χ0n) is 18.5. The second kappa shape index (κ2) is 7.73. The maximum Gasteiger partial charge on any atom is 0.410 e. The topological polar surface area (TPSA) is 83.8 Å². The summed E-state index contributed by atoms with van der Waals surface area (Å²) in [6.45, 7) is 6.91. The molecule has 1 saturated heterocycles. The molecule has 0 aromatic carbocycles. The van der Waals surface area contributed by atoms with Crippen molar-refractivity contribution in [1.82, 2.24) is 15.0 Å². The third-order valence-corrected chi connectivity index (χ3v) is 6.32. The van der Waals surface area contributed by atoms with E-state index in [1.54, 1.807) is 4.90 Å². The highest BCUT2D eigenvalue weighted by Gasteiger charge is 2.36. The fourth-order valence-corrected chi connectivity index (χ4v) is 4.31. The molecule has 2 aliphatic carbocycles. The largest absolute Gasteiger partial charge is 0.444 e. The zero-order valence-corrected chi connectivity index (χ0v) is 18.5. The van der Waals surface area contributed by atoms with Crippen LogP contribution in [0.2, 0.25) is 0 Å². The molecule has 0 spiro atoms. The summed E-state index contributed by atoms with van der Waals surface area (Å²) >= 11 is 0. The molecular weight excluding hydrogens is 394 g/mol. The Morgan fingerprint density at radius 3 is 2.68 bits per heavy atom. The first-order valence-electron chi connectivity index (χ1n) is 11.3. The third-order valence-electron chi connectivity index (χ3n) is 6.32. The number of hydrazone groups is 1. The van der Waals surface area contributed by atoms with E-state index in [1.807, 2.05) is 20.8 Å². The molecule has 31 heavy (non-hydrogen) atoms. The van der Waals surface area contributed by atoms with Crippen molar-refractivity contribution in [3.8, 4) is 0 Å². The summed E-state index contributed by atoms with van der Waals surface area (Å²) in [5, 5.41) is 9.01. The number of fused-ring (bicyclic) bond motifs is 1. The van der Waals surface area contributed by atoms with Crippen molar-refractivity contribution in [1.29, 1.82) is 0 Å². The fourth-order valence-electron chi connectivity index (χ4n) is 4.31. The van der Waals surface area contributed by atoms with Gasteiger partial charge in [0.1, 0.15) is 17.2 Å². The van der Waals surface area contributed by atoms with Crippen molar-refractivity contribution in [2.24, 2.45) is 11.0 Å². The van der Waals surface area contributed by atoms with Gasteiger partial charge in [-0.05, 0) is 51.2 Å². The molecule has 1 aromatic heterocycles. The maximum atomic E-state index is 12.3. The van der Waals surface area contributed by atoms with Crippen molar-refractivity contribution >= 4 is 23.6 Å². The van der Waals surface area contributed by atoms with Crippen LogP contribution < -0.4 is 0 Å². The molecule has 2 fully saturated rings. The standard InChI is InChI=1S/C23H30N5O3/c1-23(2,3)30-22(29)27-11-9-15(10-12-27)21-24-20(26-31-21)16-7-8-17-14-28(18-5-4-6-18)25-19(17)13-16/h7-8,13-15,17-18H,4-6,9-12H2,1-3H3/q+1. The monoisotopic (exact) mass is 424 g/mol. The minimum Gasteiger partial charge on any atom is -0.444 e. The lowest BCUT2D eigenvalue weighted by Crippen LogP contribution is -2.41. The number of carbonyl (C=O) groups excluding carboxylic acids is 1. The van der Waals surface area contributed by atoms with Crippen molar-refractivity contribution in [3.63, 3.8) is 0 Å². The van der Waals surface area contributed by atoms with Crippen LogP contribution >= 0.6 is 0 Å². The second-order valence-corrected chi connectivity index (χ2v) is 9.82. The van der Waals surface area contributed by atoms with E-state index in [-0.39, 0.29) is 17.9 Å². The van der Waals surface area contributed by atoms with Crippen molar-refractivity contribution in [2.75, 3.05) is 13.1 Å². The summed E-state index contributed by atoms with van der Waals surface area (Å²) in [4.78, 5) is 18.7. The smallest absolute Gasteiger partial charge is 0.410 e. The minimum atomic E-state index is -0.480. The molecule has 0 bridgehead atoms. The van der Waals surface area contributed by atoms with Gasteiger partial charge in [0.2, 0.25) is 11.7 Å². The zero-order chi connectivity index (χ0) is 21.6. The van der Waals surface area contributed by atoms with Crippen LogP contribution in [0.15, 0.2) is 27.9 Å². The lowest BCUT2D eigenvalue weighted by molar-refractivity contribution is -0.577. The molecule has 0 N–H and O–H groups in total. The molecular formula is C23H30N5O3+. The molecule has 1 amide bonds. The predicted molar refractivity (Wildman–Crippen MR) is 116 cm³/mol. The minimum absolute atomic E-state index is 0.159. The van der Waals surface area contributed by atoms with Crippen LogP contribution in [-0.2, 0) is 4.74 Å². The first kappa shape index (κ1) is 20.2. The van der Waals surface area contributed by atoms with Crippen molar-refractivity contribution in [2.45, 2.75) is 70.4 Å². The normalized spacial score (nSPS) is 24.3. The quantitative estimate of drug-likeness (QED) is 0.690. The summed E-state index contributed by atoms with van der Waals surface area (Å²) in [5.74, 6) is 1.65. The van der Waals surface area contributed by atoms with Gasteiger partial charge in [0.05, 0.1) is 0 Å². The van der Waals surface area contributed by atoms with E-state index in [4.69, 9.17) is 14.4 Å². The van der Waals surface area contributed by atoms with Crippen molar-refractivity contribution in [3.05, 3.63) is 29.9 Å². The molecule has 5 rings (SSSR count). The molecule has 1 aromatic rings. The number of aromatic nitrogens is 2. The predicted octanol–water partition coefficient (Wildman–Crippen LogP) is 3.76.